The quantitative estimate of drug-likeness (QED) is 0.586. The minimum absolute atomic E-state index is 0.0263. The number of nitriles is 1. The molecule has 1 aromatic heterocycles. The van der Waals surface area contributed by atoms with Crippen molar-refractivity contribution in [3.8, 4) is 6.07 Å². The Kier molecular flexibility index (Phi) is 4.76. The third kappa shape index (κ3) is 3.64. The van der Waals surface area contributed by atoms with Gasteiger partial charge in [0, 0.05) is 12.7 Å². The summed E-state index contributed by atoms with van der Waals surface area (Å²) in [5.74, 6) is -1.53. The first-order valence-electron chi connectivity index (χ1n) is 5.47. The average Bonchev–Trinajstić information content (AvgIpc) is 2.37. The second-order valence-corrected chi connectivity index (χ2v) is 3.88. The Labute approximate surface area is 108 Å². The number of carbonyl (C=O) groups is 1. The minimum atomic E-state index is -0.935. The molecule has 8 nitrogen and oxygen atoms in total. The number of pyridine rings is 1. The van der Waals surface area contributed by atoms with Crippen LogP contribution >= 0.6 is 0 Å². The molecule has 100 valence electrons. The molecule has 1 atom stereocenters. The molecule has 0 radical (unpaired) electrons. The SMILES string of the molecule is CC(CCNc1nccc(C#N)c1[N+](=O)[O-])C(=O)O. The Morgan fingerprint density at radius 2 is 2.42 bits per heavy atom. The van der Waals surface area contributed by atoms with Gasteiger partial charge in [0.1, 0.15) is 11.6 Å². The van der Waals surface area contributed by atoms with Crippen LogP contribution in [0.2, 0.25) is 0 Å². The van der Waals surface area contributed by atoms with Crippen molar-refractivity contribution in [2.75, 3.05) is 11.9 Å². The molecule has 0 aromatic carbocycles. The van der Waals surface area contributed by atoms with Crippen LogP contribution in [0.3, 0.4) is 0 Å². The van der Waals surface area contributed by atoms with Crippen LogP contribution in [0.15, 0.2) is 12.3 Å². The molecule has 0 amide bonds. The maximum atomic E-state index is 10.9. The molecule has 0 aliphatic rings. The maximum Gasteiger partial charge on any atom is 0.328 e. The highest BCUT2D eigenvalue weighted by atomic mass is 16.6. The van der Waals surface area contributed by atoms with Gasteiger partial charge in [-0.2, -0.15) is 5.26 Å². The predicted octanol–water partition coefficient (Wildman–Crippen LogP) is 1.38. The standard InChI is InChI=1S/C11H12N4O4/c1-7(11(16)17)2-4-13-10-9(15(18)19)8(6-12)3-5-14-10/h3,5,7H,2,4H2,1H3,(H,13,14)(H,16,17). The van der Waals surface area contributed by atoms with Crippen molar-refractivity contribution in [3.05, 3.63) is 27.9 Å². The van der Waals surface area contributed by atoms with E-state index >= 15 is 0 Å². The van der Waals surface area contributed by atoms with Gasteiger partial charge in [0.2, 0.25) is 5.82 Å². The summed E-state index contributed by atoms with van der Waals surface area (Å²) in [5.41, 5.74) is -0.484. The lowest BCUT2D eigenvalue weighted by Crippen LogP contribution is -2.15. The van der Waals surface area contributed by atoms with E-state index in [0.29, 0.717) is 6.42 Å². The van der Waals surface area contributed by atoms with Crippen LogP contribution in [-0.2, 0) is 4.79 Å². The highest BCUT2D eigenvalue weighted by Crippen LogP contribution is 2.25. The van der Waals surface area contributed by atoms with E-state index in [1.165, 1.54) is 19.2 Å². The number of hydrogen-bond acceptors (Lipinski definition) is 6. The fourth-order valence-corrected chi connectivity index (χ4v) is 1.39. The number of carboxylic acids is 1. The van der Waals surface area contributed by atoms with Crippen molar-refractivity contribution < 1.29 is 14.8 Å². The number of rotatable bonds is 6. The van der Waals surface area contributed by atoms with Crippen molar-refractivity contribution in [1.82, 2.24) is 4.98 Å². The molecule has 1 rings (SSSR count). The molecular formula is C11H12N4O4. The first-order valence-corrected chi connectivity index (χ1v) is 5.47. The molecule has 19 heavy (non-hydrogen) atoms. The van der Waals surface area contributed by atoms with Crippen molar-refractivity contribution in [2.24, 2.45) is 5.92 Å². The van der Waals surface area contributed by atoms with E-state index in [1.807, 2.05) is 0 Å². The van der Waals surface area contributed by atoms with Crippen LogP contribution < -0.4 is 5.32 Å². The topological polar surface area (TPSA) is 129 Å². The first-order chi connectivity index (χ1) is 8.97. The Hall–Kier alpha value is -2.69. The zero-order valence-electron chi connectivity index (χ0n) is 10.2. The highest BCUT2D eigenvalue weighted by molar-refractivity contribution is 5.69. The third-order valence-corrected chi connectivity index (χ3v) is 2.52. The number of aromatic nitrogens is 1. The Bertz CT molecular complexity index is 538. The summed E-state index contributed by atoms with van der Waals surface area (Å²) in [6.45, 7) is 1.76. The minimum Gasteiger partial charge on any atom is -0.481 e. The van der Waals surface area contributed by atoms with Crippen molar-refractivity contribution >= 4 is 17.5 Å². The third-order valence-electron chi connectivity index (χ3n) is 2.52. The summed E-state index contributed by atoms with van der Waals surface area (Å²) in [4.78, 5) is 24.6. The second kappa shape index (κ2) is 6.30. The van der Waals surface area contributed by atoms with Gasteiger partial charge in [-0.05, 0) is 12.5 Å². The van der Waals surface area contributed by atoms with Gasteiger partial charge in [-0.3, -0.25) is 14.9 Å². The maximum absolute atomic E-state index is 10.9. The van der Waals surface area contributed by atoms with Gasteiger partial charge in [-0.1, -0.05) is 6.92 Å². The summed E-state index contributed by atoms with van der Waals surface area (Å²) in [7, 11) is 0. The predicted molar refractivity (Wildman–Crippen MR) is 65.5 cm³/mol. The van der Waals surface area contributed by atoms with Crippen LogP contribution in [0.1, 0.15) is 18.9 Å². The van der Waals surface area contributed by atoms with E-state index in [0.717, 1.165) is 0 Å². The van der Waals surface area contributed by atoms with Crippen molar-refractivity contribution in [3.63, 3.8) is 0 Å². The van der Waals surface area contributed by atoms with Crippen LogP contribution in [0.5, 0.6) is 0 Å². The lowest BCUT2D eigenvalue weighted by atomic mass is 10.1. The van der Waals surface area contributed by atoms with Crippen LogP contribution in [0, 0.1) is 27.4 Å². The lowest BCUT2D eigenvalue weighted by Gasteiger charge is -2.08. The Morgan fingerprint density at radius 1 is 1.74 bits per heavy atom. The molecule has 1 heterocycles. The van der Waals surface area contributed by atoms with Crippen molar-refractivity contribution in [2.45, 2.75) is 13.3 Å². The van der Waals surface area contributed by atoms with Gasteiger partial charge in [0.25, 0.3) is 0 Å². The number of nitro groups is 1. The Morgan fingerprint density at radius 3 is 2.95 bits per heavy atom. The smallest absolute Gasteiger partial charge is 0.328 e. The highest BCUT2D eigenvalue weighted by Gasteiger charge is 2.21. The molecule has 1 unspecified atom stereocenters. The van der Waals surface area contributed by atoms with E-state index in [4.69, 9.17) is 10.4 Å². The molecule has 0 aliphatic carbocycles. The molecule has 1 aromatic rings. The van der Waals surface area contributed by atoms with Gasteiger partial charge in [0.05, 0.1) is 10.8 Å². The number of nitrogens with one attached hydrogen (secondary N) is 1. The lowest BCUT2D eigenvalue weighted by molar-refractivity contribution is -0.384. The van der Waals surface area contributed by atoms with Crippen molar-refractivity contribution in [1.29, 1.82) is 5.26 Å². The molecule has 0 fully saturated rings. The summed E-state index contributed by atoms with van der Waals surface area (Å²) >= 11 is 0. The number of nitrogens with zero attached hydrogens (tertiary/aromatic N) is 3. The summed E-state index contributed by atoms with van der Waals surface area (Å²) in [6, 6.07) is 2.97. The molecule has 8 heteroatoms. The van der Waals surface area contributed by atoms with E-state index in [-0.39, 0.29) is 17.9 Å². The average molecular weight is 264 g/mol. The van der Waals surface area contributed by atoms with E-state index in [9.17, 15) is 14.9 Å². The van der Waals surface area contributed by atoms with Crippen LogP contribution in [0.25, 0.3) is 0 Å². The molecule has 0 aliphatic heterocycles. The van der Waals surface area contributed by atoms with Gasteiger partial charge in [-0.15, -0.1) is 0 Å². The van der Waals surface area contributed by atoms with Crippen LogP contribution in [0.4, 0.5) is 11.5 Å². The zero-order chi connectivity index (χ0) is 14.4. The number of hydrogen-bond donors (Lipinski definition) is 2. The molecule has 0 saturated heterocycles. The molecule has 2 N–H and O–H groups in total. The molecular weight excluding hydrogens is 252 g/mol. The first kappa shape index (κ1) is 14.4. The van der Waals surface area contributed by atoms with Crippen LogP contribution in [-0.4, -0.2) is 27.5 Å². The summed E-state index contributed by atoms with van der Waals surface area (Å²) in [6.07, 6.45) is 1.58. The van der Waals surface area contributed by atoms with Gasteiger partial charge in [-0.25, -0.2) is 4.98 Å². The number of aliphatic carboxylic acids is 1. The van der Waals surface area contributed by atoms with Gasteiger partial charge >= 0.3 is 11.7 Å². The fraction of sp³-hybridized carbons (Fsp3) is 0.364. The fourth-order valence-electron chi connectivity index (χ4n) is 1.39. The monoisotopic (exact) mass is 264 g/mol. The molecule has 0 bridgehead atoms. The van der Waals surface area contributed by atoms with E-state index in [1.54, 1.807) is 6.07 Å². The van der Waals surface area contributed by atoms with Gasteiger partial charge < -0.3 is 10.4 Å². The van der Waals surface area contributed by atoms with E-state index in [2.05, 4.69) is 10.3 Å². The molecule has 0 spiro atoms. The summed E-state index contributed by atoms with van der Waals surface area (Å²) < 4.78 is 0. The second-order valence-electron chi connectivity index (χ2n) is 3.88. The molecule has 0 saturated carbocycles. The number of anilines is 1. The normalized spacial score (nSPS) is 11.4. The summed E-state index contributed by atoms with van der Waals surface area (Å²) in [5, 5.41) is 31.1. The van der Waals surface area contributed by atoms with E-state index < -0.39 is 22.5 Å². The number of carboxylic acid groups (broad SMARTS) is 1. The van der Waals surface area contributed by atoms with Gasteiger partial charge in [0.15, 0.2) is 0 Å². The Balaban J connectivity index is 2.82. The zero-order valence-corrected chi connectivity index (χ0v) is 10.2. The largest absolute Gasteiger partial charge is 0.481 e.